The van der Waals surface area contributed by atoms with E-state index in [0.29, 0.717) is 5.92 Å². The maximum absolute atomic E-state index is 8.94. The van der Waals surface area contributed by atoms with Gasteiger partial charge in [0.05, 0.1) is 6.61 Å². The lowest BCUT2D eigenvalue weighted by Gasteiger charge is -2.29. The Balaban J connectivity index is 2.43. The molecule has 2 heteroatoms. The van der Waals surface area contributed by atoms with Crippen molar-refractivity contribution in [2.75, 3.05) is 6.61 Å². The van der Waals surface area contributed by atoms with Crippen LogP contribution in [-0.2, 0) is 6.42 Å². The van der Waals surface area contributed by atoms with Crippen molar-refractivity contribution >= 4 is 15.9 Å². The Morgan fingerprint density at radius 2 is 2.36 bits per heavy atom. The maximum atomic E-state index is 8.94. The molecule has 0 fully saturated rings. The van der Waals surface area contributed by atoms with Gasteiger partial charge in [-0.15, -0.1) is 0 Å². The molecule has 1 aliphatic rings. The summed E-state index contributed by atoms with van der Waals surface area (Å²) in [6.45, 7) is 0.273. The Morgan fingerprint density at radius 1 is 1.55 bits per heavy atom. The van der Waals surface area contributed by atoms with Gasteiger partial charge in [-0.3, -0.25) is 0 Å². The molecule has 0 aromatic heterocycles. The van der Waals surface area contributed by atoms with Gasteiger partial charge in [-0.25, -0.2) is 0 Å². The van der Waals surface area contributed by atoms with Crippen LogP contribution in [0.3, 0.4) is 0 Å². The lowest BCUT2D eigenvalue weighted by Crippen LogP contribution is -2.20. The van der Waals surface area contributed by atoms with E-state index in [-0.39, 0.29) is 6.61 Å². The van der Waals surface area contributed by atoms with Crippen LogP contribution in [0.2, 0.25) is 0 Å². The van der Waals surface area contributed by atoms with Gasteiger partial charge >= 0.3 is 0 Å². The molecule has 2 rings (SSSR count). The minimum atomic E-state index is 0.273. The van der Waals surface area contributed by atoms with E-state index in [4.69, 9.17) is 5.11 Å². The molecule has 1 unspecified atom stereocenters. The molecule has 0 saturated carbocycles. The molecule has 0 heterocycles. The number of hydrogen-bond donors (Lipinski definition) is 1. The third kappa shape index (κ3) is 1.01. The Kier molecular flexibility index (Phi) is 1.74. The summed E-state index contributed by atoms with van der Waals surface area (Å²) in [6.07, 6.45) is 1.03. The van der Waals surface area contributed by atoms with Gasteiger partial charge in [-0.1, -0.05) is 28.1 Å². The van der Waals surface area contributed by atoms with Crippen molar-refractivity contribution in [1.82, 2.24) is 0 Å². The molecule has 11 heavy (non-hydrogen) atoms. The van der Waals surface area contributed by atoms with Crippen LogP contribution in [0.1, 0.15) is 17.0 Å². The lowest BCUT2D eigenvalue weighted by atomic mass is 9.78. The Hall–Kier alpha value is -0.340. The van der Waals surface area contributed by atoms with Gasteiger partial charge in [0.2, 0.25) is 0 Å². The van der Waals surface area contributed by atoms with Gasteiger partial charge in [-0.05, 0) is 23.6 Å². The van der Waals surface area contributed by atoms with Gasteiger partial charge in [0.15, 0.2) is 0 Å². The Labute approximate surface area is 74.2 Å². The van der Waals surface area contributed by atoms with Gasteiger partial charge in [0, 0.05) is 10.4 Å². The van der Waals surface area contributed by atoms with E-state index < -0.39 is 0 Å². The average molecular weight is 213 g/mol. The highest BCUT2D eigenvalue weighted by molar-refractivity contribution is 9.10. The molecule has 1 aromatic rings. The fourth-order valence-corrected chi connectivity index (χ4v) is 2.34. The monoisotopic (exact) mass is 212 g/mol. The van der Waals surface area contributed by atoms with Crippen LogP contribution in [0.25, 0.3) is 0 Å². The first-order valence-corrected chi connectivity index (χ1v) is 4.50. The predicted molar refractivity (Wildman–Crippen MR) is 47.7 cm³/mol. The first kappa shape index (κ1) is 7.32. The third-order valence-corrected chi connectivity index (χ3v) is 2.93. The summed E-state index contributed by atoms with van der Waals surface area (Å²) in [4.78, 5) is 0. The second-order valence-electron chi connectivity index (χ2n) is 2.90. The van der Waals surface area contributed by atoms with Crippen molar-refractivity contribution in [2.24, 2.45) is 0 Å². The number of rotatable bonds is 1. The van der Waals surface area contributed by atoms with Crippen LogP contribution in [0, 0.1) is 0 Å². The maximum Gasteiger partial charge on any atom is 0.0503 e. The first-order valence-electron chi connectivity index (χ1n) is 3.71. The van der Waals surface area contributed by atoms with Crippen molar-refractivity contribution in [1.29, 1.82) is 0 Å². The third-order valence-electron chi connectivity index (χ3n) is 2.24. The lowest BCUT2D eigenvalue weighted by molar-refractivity contribution is 0.252. The van der Waals surface area contributed by atoms with Crippen LogP contribution in [0.15, 0.2) is 22.7 Å². The van der Waals surface area contributed by atoms with E-state index in [0.717, 1.165) is 10.9 Å². The minimum absolute atomic E-state index is 0.273. The van der Waals surface area contributed by atoms with Crippen molar-refractivity contribution in [3.8, 4) is 0 Å². The second-order valence-corrected chi connectivity index (χ2v) is 3.75. The van der Waals surface area contributed by atoms with E-state index in [2.05, 4.69) is 22.0 Å². The molecule has 1 nitrogen and oxygen atoms in total. The number of aliphatic hydroxyl groups is 1. The number of aliphatic hydroxyl groups excluding tert-OH is 1. The number of halogens is 1. The highest BCUT2D eigenvalue weighted by Gasteiger charge is 2.26. The zero-order chi connectivity index (χ0) is 7.84. The summed E-state index contributed by atoms with van der Waals surface area (Å²) < 4.78 is 1.14. The molecule has 1 atom stereocenters. The first-order chi connectivity index (χ1) is 5.33. The van der Waals surface area contributed by atoms with Crippen LogP contribution in [-0.4, -0.2) is 11.7 Å². The van der Waals surface area contributed by atoms with Gasteiger partial charge in [0.25, 0.3) is 0 Å². The topological polar surface area (TPSA) is 20.2 Å². The number of fused-ring (bicyclic) bond motifs is 1. The highest BCUT2D eigenvalue weighted by atomic mass is 79.9. The summed E-state index contributed by atoms with van der Waals surface area (Å²) in [5.74, 6) is 0.376. The normalized spacial score (nSPS) is 20.7. The predicted octanol–water partition coefficient (Wildman–Crippen LogP) is 2.08. The smallest absolute Gasteiger partial charge is 0.0503 e. The number of benzene rings is 1. The van der Waals surface area contributed by atoms with Crippen molar-refractivity contribution in [3.05, 3.63) is 33.8 Å². The molecule has 1 N–H and O–H groups in total. The molecule has 58 valence electrons. The molecule has 0 aliphatic heterocycles. The molecule has 1 aliphatic carbocycles. The van der Waals surface area contributed by atoms with Crippen molar-refractivity contribution in [2.45, 2.75) is 12.3 Å². The van der Waals surface area contributed by atoms with Crippen LogP contribution >= 0.6 is 15.9 Å². The Bertz CT molecular complexity index is 269. The highest BCUT2D eigenvalue weighted by Crippen LogP contribution is 2.39. The molecular formula is C9H9BrO. The van der Waals surface area contributed by atoms with Gasteiger partial charge in [0.1, 0.15) is 0 Å². The van der Waals surface area contributed by atoms with E-state index in [9.17, 15) is 0 Å². The molecule has 0 spiro atoms. The second kappa shape index (κ2) is 2.61. The van der Waals surface area contributed by atoms with Crippen LogP contribution in [0.5, 0.6) is 0 Å². The van der Waals surface area contributed by atoms with Crippen molar-refractivity contribution in [3.63, 3.8) is 0 Å². The largest absolute Gasteiger partial charge is 0.396 e. The van der Waals surface area contributed by atoms with Gasteiger partial charge < -0.3 is 5.11 Å². The molecule has 0 radical (unpaired) electrons. The molecule has 1 aromatic carbocycles. The summed E-state index contributed by atoms with van der Waals surface area (Å²) in [5, 5.41) is 8.94. The summed E-state index contributed by atoms with van der Waals surface area (Å²) in [5.41, 5.74) is 2.67. The fourth-order valence-electron chi connectivity index (χ4n) is 1.61. The standard InChI is InChI=1S/C9H9BrO/c10-8-3-1-2-6-4-7(5-11)9(6)8/h1-3,7,11H,4-5H2. The quantitative estimate of drug-likeness (QED) is 0.757. The summed E-state index contributed by atoms with van der Waals surface area (Å²) in [7, 11) is 0. The Morgan fingerprint density at radius 3 is 3.00 bits per heavy atom. The van der Waals surface area contributed by atoms with E-state index in [1.165, 1.54) is 11.1 Å². The van der Waals surface area contributed by atoms with E-state index in [1.807, 2.05) is 12.1 Å². The molecular weight excluding hydrogens is 204 g/mol. The summed E-state index contributed by atoms with van der Waals surface area (Å²) in [6, 6.07) is 6.18. The van der Waals surface area contributed by atoms with Crippen molar-refractivity contribution < 1.29 is 5.11 Å². The van der Waals surface area contributed by atoms with E-state index >= 15 is 0 Å². The van der Waals surface area contributed by atoms with E-state index in [1.54, 1.807) is 0 Å². The molecule has 0 amide bonds. The molecule has 0 bridgehead atoms. The van der Waals surface area contributed by atoms with Gasteiger partial charge in [-0.2, -0.15) is 0 Å². The van der Waals surface area contributed by atoms with Crippen LogP contribution in [0.4, 0.5) is 0 Å². The zero-order valence-electron chi connectivity index (χ0n) is 6.05. The average Bonchev–Trinajstić information content (AvgIpc) is 1.93. The SMILES string of the molecule is OCC1Cc2cccc(Br)c21. The minimum Gasteiger partial charge on any atom is -0.396 e. The summed E-state index contributed by atoms with van der Waals surface area (Å²) >= 11 is 3.47. The van der Waals surface area contributed by atoms with Crippen LogP contribution < -0.4 is 0 Å². The number of hydrogen-bond acceptors (Lipinski definition) is 1. The molecule has 0 saturated heterocycles. The fraction of sp³-hybridized carbons (Fsp3) is 0.333. The zero-order valence-corrected chi connectivity index (χ0v) is 7.63.